The van der Waals surface area contributed by atoms with E-state index < -0.39 is 0 Å². The number of anilines is 1. The predicted octanol–water partition coefficient (Wildman–Crippen LogP) is 4.78. The summed E-state index contributed by atoms with van der Waals surface area (Å²) in [5.41, 5.74) is 1.16. The van der Waals surface area contributed by atoms with Gasteiger partial charge < -0.3 is 5.32 Å². The summed E-state index contributed by atoms with van der Waals surface area (Å²) in [6, 6.07) is 6.54. The predicted molar refractivity (Wildman–Crippen MR) is 83.2 cm³/mol. The highest BCUT2D eigenvalue weighted by Crippen LogP contribution is 2.60. The number of rotatable bonds is 2. The monoisotopic (exact) mass is 289 g/mol. The molecule has 0 saturated heterocycles. The molecule has 0 unspecified atom stereocenters. The van der Waals surface area contributed by atoms with Crippen molar-refractivity contribution in [1.29, 1.82) is 0 Å². The highest BCUT2D eigenvalue weighted by molar-refractivity contribution is 7.80. The molecule has 4 saturated carbocycles. The summed E-state index contributed by atoms with van der Waals surface area (Å²) in [6.45, 7) is 0. The molecule has 0 heterocycles. The molecule has 5 rings (SSSR count). The van der Waals surface area contributed by atoms with Gasteiger partial charge in [-0.3, -0.25) is 0 Å². The van der Waals surface area contributed by atoms with Crippen LogP contribution in [0.1, 0.15) is 38.5 Å². The third-order valence-electron chi connectivity index (χ3n) is 5.62. The first-order valence-electron chi connectivity index (χ1n) is 7.70. The van der Waals surface area contributed by atoms with Gasteiger partial charge >= 0.3 is 0 Å². The van der Waals surface area contributed by atoms with E-state index in [1.165, 1.54) is 50.7 Å². The Morgan fingerprint density at radius 2 is 1.50 bits per heavy atom. The lowest BCUT2D eigenvalue weighted by Crippen LogP contribution is -2.51. The van der Waals surface area contributed by atoms with Gasteiger partial charge in [0.1, 0.15) is 5.82 Å². The smallest absolute Gasteiger partial charge is 0.123 e. The van der Waals surface area contributed by atoms with Crippen LogP contribution in [0.5, 0.6) is 0 Å². The van der Waals surface area contributed by atoms with E-state index in [2.05, 4.69) is 5.32 Å². The number of benzene rings is 1. The van der Waals surface area contributed by atoms with Crippen molar-refractivity contribution in [1.82, 2.24) is 0 Å². The van der Waals surface area contributed by atoms with Crippen LogP contribution in [0.4, 0.5) is 10.1 Å². The summed E-state index contributed by atoms with van der Waals surface area (Å²) < 4.78 is 13.0. The van der Waals surface area contributed by atoms with Gasteiger partial charge in [-0.2, -0.15) is 0 Å². The topological polar surface area (TPSA) is 12.0 Å². The molecule has 4 aliphatic carbocycles. The molecule has 0 atom stereocenters. The summed E-state index contributed by atoms with van der Waals surface area (Å²) in [7, 11) is 0. The van der Waals surface area contributed by atoms with Gasteiger partial charge in [0.25, 0.3) is 0 Å². The third-order valence-corrected chi connectivity index (χ3v) is 6.16. The molecule has 3 heteroatoms. The Hall–Kier alpha value is -0.960. The second kappa shape index (κ2) is 4.52. The Bertz CT molecular complexity index is 501. The van der Waals surface area contributed by atoms with Crippen LogP contribution in [0.25, 0.3) is 0 Å². The summed E-state index contributed by atoms with van der Waals surface area (Å²) in [6.07, 6.45) is 8.10. The maximum Gasteiger partial charge on any atom is 0.123 e. The lowest BCUT2D eigenvalue weighted by molar-refractivity contribution is -0.0110. The normalized spacial score (nSPS) is 38.0. The van der Waals surface area contributed by atoms with E-state index in [0.717, 1.165) is 28.4 Å². The molecule has 1 aromatic rings. The van der Waals surface area contributed by atoms with E-state index in [1.54, 1.807) is 12.1 Å². The van der Waals surface area contributed by atoms with Crippen LogP contribution in [0.2, 0.25) is 0 Å². The van der Waals surface area contributed by atoms with Gasteiger partial charge in [-0.25, -0.2) is 4.39 Å². The maximum absolute atomic E-state index is 13.0. The molecule has 20 heavy (non-hydrogen) atoms. The van der Waals surface area contributed by atoms with Gasteiger partial charge in [0.15, 0.2) is 0 Å². The minimum Gasteiger partial charge on any atom is -0.350 e. The molecule has 1 N–H and O–H groups in total. The fraction of sp³-hybridized carbons (Fsp3) is 0.588. The number of halogens is 1. The minimum atomic E-state index is -0.198. The Balaban J connectivity index is 1.54. The standard InChI is InChI=1S/C17H20FNS/c18-14-1-3-15(4-2-14)19-16(20)17-8-11-5-12(9-17)7-13(6-11)10-17/h1-4,11-13H,5-10H2,(H,19,20). The van der Waals surface area contributed by atoms with Crippen molar-refractivity contribution in [3.63, 3.8) is 0 Å². The van der Waals surface area contributed by atoms with Crippen molar-refractivity contribution in [3.8, 4) is 0 Å². The fourth-order valence-electron chi connectivity index (χ4n) is 5.19. The van der Waals surface area contributed by atoms with E-state index in [9.17, 15) is 4.39 Å². The van der Waals surface area contributed by atoms with E-state index in [-0.39, 0.29) is 11.2 Å². The Kier molecular flexibility index (Phi) is 2.88. The first-order chi connectivity index (χ1) is 9.63. The van der Waals surface area contributed by atoms with Crippen molar-refractivity contribution < 1.29 is 4.39 Å². The zero-order valence-corrected chi connectivity index (χ0v) is 12.4. The van der Waals surface area contributed by atoms with Crippen LogP contribution in [0.3, 0.4) is 0 Å². The molecule has 106 valence electrons. The van der Waals surface area contributed by atoms with Crippen LogP contribution < -0.4 is 5.32 Å². The SMILES string of the molecule is Fc1ccc(NC(=S)C23CC4CC(CC(C4)C2)C3)cc1. The summed E-state index contributed by atoms with van der Waals surface area (Å²) in [4.78, 5) is 1.00. The summed E-state index contributed by atoms with van der Waals surface area (Å²) >= 11 is 5.76. The van der Waals surface area contributed by atoms with E-state index >= 15 is 0 Å². The highest BCUT2D eigenvalue weighted by Gasteiger charge is 2.52. The van der Waals surface area contributed by atoms with Crippen LogP contribution >= 0.6 is 12.2 Å². The first kappa shape index (κ1) is 12.8. The largest absolute Gasteiger partial charge is 0.350 e. The van der Waals surface area contributed by atoms with E-state index in [1.807, 2.05) is 0 Å². The fourth-order valence-corrected chi connectivity index (χ4v) is 5.55. The average Bonchev–Trinajstić information content (AvgIpc) is 2.40. The molecule has 0 aliphatic heterocycles. The summed E-state index contributed by atoms with van der Waals surface area (Å²) in [5.74, 6) is 2.49. The van der Waals surface area contributed by atoms with Crippen LogP contribution in [-0.4, -0.2) is 4.99 Å². The van der Waals surface area contributed by atoms with Crippen molar-refractivity contribution in [2.45, 2.75) is 38.5 Å². The Morgan fingerprint density at radius 1 is 1.00 bits per heavy atom. The molecule has 1 aromatic carbocycles. The molecular weight excluding hydrogens is 269 g/mol. The molecule has 0 amide bonds. The maximum atomic E-state index is 13.0. The molecule has 0 spiro atoms. The number of thiocarbonyl (C=S) groups is 1. The molecule has 4 fully saturated rings. The molecule has 0 radical (unpaired) electrons. The highest BCUT2D eigenvalue weighted by atomic mass is 32.1. The quantitative estimate of drug-likeness (QED) is 0.786. The zero-order valence-electron chi connectivity index (χ0n) is 11.6. The number of nitrogens with one attached hydrogen (secondary N) is 1. The second-order valence-corrected chi connectivity index (χ2v) is 7.57. The van der Waals surface area contributed by atoms with Gasteiger partial charge in [0.05, 0.1) is 4.99 Å². The lowest BCUT2D eigenvalue weighted by atomic mass is 9.49. The van der Waals surface area contributed by atoms with Crippen molar-refractivity contribution in [2.75, 3.05) is 5.32 Å². The van der Waals surface area contributed by atoms with Gasteiger partial charge in [0, 0.05) is 11.1 Å². The van der Waals surface area contributed by atoms with Gasteiger partial charge in [-0.05, 0) is 80.5 Å². The van der Waals surface area contributed by atoms with Crippen molar-refractivity contribution >= 4 is 22.9 Å². The van der Waals surface area contributed by atoms with Gasteiger partial charge in [-0.15, -0.1) is 0 Å². The van der Waals surface area contributed by atoms with Crippen LogP contribution in [-0.2, 0) is 0 Å². The van der Waals surface area contributed by atoms with Crippen LogP contribution in [0, 0.1) is 29.0 Å². The number of hydrogen-bond acceptors (Lipinski definition) is 1. The van der Waals surface area contributed by atoms with Crippen molar-refractivity contribution in [3.05, 3.63) is 30.1 Å². The summed E-state index contributed by atoms with van der Waals surface area (Å²) in [5, 5.41) is 3.39. The van der Waals surface area contributed by atoms with Gasteiger partial charge in [-0.1, -0.05) is 12.2 Å². The molecule has 4 bridgehead atoms. The van der Waals surface area contributed by atoms with Crippen LogP contribution in [0.15, 0.2) is 24.3 Å². The molecule has 0 aromatic heterocycles. The van der Waals surface area contributed by atoms with E-state index in [0.29, 0.717) is 0 Å². The first-order valence-corrected chi connectivity index (χ1v) is 8.11. The Labute approximate surface area is 125 Å². The van der Waals surface area contributed by atoms with E-state index in [4.69, 9.17) is 12.2 Å². The van der Waals surface area contributed by atoms with Gasteiger partial charge in [0.2, 0.25) is 0 Å². The van der Waals surface area contributed by atoms with Crippen molar-refractivity contribution in [2.24, 2.45) is 23.2 Å². The molecule has 4 aliphatic rings. The number of hydrogen-bond donors (Lipinski definition) is 1. The second-order valence-electron chi connectivity index (χ2n) is 7.16. The molecular formula is C17H20FNS. The zero-order chi connectivity index (χ0) is 13.7. The minimum absolute atomic E-state index is 0.198. The average molecular weight is 289 g/mol. The lowest BCUT2D eigenvalue weighted by Gasteiger charge is -2.56. The molecule has 1 nitrogen and oxygen atoms in total. The third kappa shape index (κ3) is 2.07. The Morgan fingerprint density at radius 3 is 2.00 bits per heavy atom.